The maximum Gasteiger partial charge on any atom is 0.117 e. The van der Waals surface area contributed by atoms with Crippen molar-refractivity contribution < 1.29 is 0 Å². The molecule has 74 valence electrons. The lowest BCUT2D eigenvalue weighted by Gasteiger charge is -2.04. The van der Waals surface area contributed by atoms with Gasteiger partial charge < -0.3 is 10.7 Å². The van der Waals surface area contributed by atoms with Crippen molar-refractivity contribution in [3.05, 3.63) is 12.0 Å². The van der Waals surface area contributed by atoms with Gasteiger partial charge in [0.15, 0.2) is 0 Å². The third-order valence-electron chi connectivity index (χ3n) is 1.80. The minimum absolute atomic E-state index is 0.517. The van der Waals surface area contributed by atoms with Gasteiger partial charge in [0.2, 0.25) is 0 Å². The van der Waals surface area contributed by atoms with E-state index < -0.39 is 0 Å². The monoisotopic (exact) mass is 199 g/mol. The summed E-state index contributed by atoms with van der Waals surface area (Å²) in [7, 11) is 0. The van der Waals surface area contributed by atoms with Gasteiger partial charge in [-0.25, -0.2) is 4.98 Å². The van der Waals surface area contributed by atoms with E-state index in [1.807, 2.05) is 0 Å². The second-order valence-electron chi connectivity index (χ2n) is 3.27. The molecule has 0 atom stereocenters. The van der Waals surface area contributed by atoms with Crippen molar-refractivity contribution in [1.82, 2.24) is 9.97 Å². The number of nitrogens with two attached hydrogens (primary N) is 1. The van der Waals surface area contributed by atoms with Crippen LogP contribution in [0.1, 0.15) is 31.9 Å². The Morgan fingerprint density at radius 1 is 1.62 bits per heavy atom. The van der Waals surface area contributed by atoms with Crippen LogP contribution in [-0.4, -0.2) is 22.3 Å². The molecule has 0 aliphatic rings. The highest BCUT2D eigenvalue weighted by atomic mass is 32.2. The van der Waals surface area contributed by atoms with E-state index in [-0.39, 0.29) is 0 Å². The number of hydrogen-bond acceptors (Lipinski definition) is 3. The van der Waals surface area contributed by atoms with Crippen molar-refractivity contribution in [2.45, 2.75) is 31.2 Å². The molecule has 0 amide bonds. The van der Waals surface area contributed by atoms with Crippen LogP contribution >= 0.6 is 11.8 Å². The highest BCUT2D eigenvalue weighted by Gasteiger charge is 2.08. The van der Waals surface area contributed by atoms with Gasteiger partial charge >= 0.3 is 0 Å². The molecule has 0 spiro atoms. The zero-order valence-electron chi connectivity index (χ0n) is 8.21. The molecule has 0 radical (unpaired) electrons. The van der Waals surface area contributed by atoms with Crippen LogP contribution in [0, 0.1) is 0 Å². The summed E-state index contributed by atoms with van der Waals surface area (Å²) < 4.78 is 0. The molecule has 1 aromatic heterocycles. The van der Waals surface area contributed by atoms with E-state index in [2.05, 4.69) is 23.8 Å². The number of rotatable bonds is 5. The van der Waals surface area contributed by atoms with Crippen LogP contribution in [0.4, 0.5) is 0 Å². The molecule has 0 aliphatic carbocycles. The van der Waals surface area contributed by atoms with Crippen LogP contribution in [-0.2, 0) is 0 Å². The molecule has 0 bridgehead atoms. The number of hydrogen-bond donors (Lipinski definition) is 2. The molecule has 0 aromatic carbocycles. The summed E-state index contributed by atoms with van der Waals surface area (Å²) in [4.78, 5) is 7.44. The summed E-state index contributed by atoms with van der Waals surface area (Å²) in [5.74, 6) is 1.57. The van der Waals surface area contributed by atoms with Crippen LogP contribution < -0.4 is 5.73 Å². The lowest BCUT2D eigenvalue weighted by Crippen LogP contribution is -1.99. The van der Waals surface area contributed by atoms with Gasteiger partial charge in [-0.3, -0.25) is 0 Å². The van der Waals surface area contributed by atoms with Gasteiger partial charge in [-0.2, -0.15) is 0 Å². The first-order valence-electron chi connectivity index (χ1n) is 4.61. The standard InChI is InChI=1S/C9H17N3S/c1-7(2)8-9(12-6-11-8)13-5-3-4-10/h6-7H,3-5,10H2,1-2H3,(H,11,12). The highest BCUT2D eigenvalue weighted by Crippen LogP contribution is 2.24. The molecular formula is C9H17N3S. The van der Waals surface area contributed by atoms with Crippen LogP contribution in [0.2, 0.25) is 0 Å². The zero-order valence-corrected chi connectivity index (χ0v) is 9.03. The second kappa shape index (κ2) is 5.29. The first kappa shape index (κ1) is 10.6. The van der Waals surface area contributed by atoms with E-state index in [0.717, 1.165) is 23.7 Å². The molecular weight excluding hydrogens is 182 g/mol. The number of nitrogens with zero attached hydrogens (tertiary/aromatic N) is 1. The number of nitrogens with one attached hydrogen (secondary N) is 1. The van der Waals surface area contributed by atoms with Gasteiger partial charge in [-0.15, -0.1) is 11.8 Å². The zero-order chi connectivity index (χ0) is 9.68. The maximum atomic E-state index is 5.42. The predicted molar refractivity (Wildman–Crippen MR) is 57.1 cm³/mol. The fourth-order valence-corrected chi connectivity index (χ4v) is 2.15. The number of aromatic nitrogens is 2. The Balaban J connectivity index is 2.50. The number of aromatic amines is 1. The summed E-state index contributed by atoms with van der Waals surface area (Å²) in [6, 6.07) is 0. The molecule has 0 saturated carbocycles. The molecule has 3 N–H and O–H groups in total. The Morgan fingerprint density at radius 3 is 3.00 bits per heavy atom. The Bertz CT molecular complexity index is 245. The van der Waals surface area contributed by atoms with E-state index in [9.17, 15) is 0 Å². The smallest absolute Gasteiger partial charge is 0.117 e. The average molecular weight is 199 g/mol. The van der Waals surface area contributed by atoms with Gasteiger partial charge in [-0.1, -0.05) is 13.8 Å². The fraction of sp³-hybridized carbons (Fsp3) is 0.667. The lowest BCUT2D eigenvalue weighted by atomic mass is 10.2. The van der Waals surface area contributed by atoms with Gasteiger partial charge in [-0.05, 0) is 18.9 Å². The molecule has 0 fully saturated rings. The van der Waals surface area contributed by atoms with Crippen molar-refractivity contribution in [2.75, 3.05) is 12.3 Å². The minimum atomic E-state index is 0.517. The normalized spacial score (nSPS) is 11.1. The molecule has 4 heteroatoms. The van der Waals surface area contributed by atoms with Crippen molar-refractivity contribution in [3.8, 4) is 0 Å². The van der Waals surface area contributed by atoms with Crippen LogP contribution in [0.5, 0.6) is 0 Å². The van der Waals surface area contributed by atoms with Gasteiger partial charge in [0.1, 0.15) is 5.03 Å². The molecule has 13 heavy (non-hydrogen) atoms. The maximum absolute atomic E-state index is 5.42. The third-order valence-corrected chi connectivity index (χ3v) is 2.89. The third kappa shape index (κ3) is 3.04. The van der Waals surface area contributed by atoms with Crippen LogP contribution in [0.25, 0.3) is 0 Å². The van der Waals surface area contributed by atoms with Crippen LogP contribution in [0.3, 0.4) is 0 Å². The van der Waals surface area contributed by atoms with E-state index in [4.69, 9.17) is 5.73 Å². The number of H-pyrrole nitrogens is 1. The van der Waals surface area contributed by atoms with Gasteiger partial charge in [0, 0.05) is 5.75 Å². The van der Waals surface area contributed by atoms with Crippen molar-refractivity contribution >= 4 is 11.8 Å². The second-order valence-corrected chi connectivity index (χ2v) is 4.35. The molecule has 3 nitrogen and oxygen atoms in total. The molecule has 1 heterocycles. The number of thioether (sulfide) groups is 1. The van der Waals surface area contributed by atoms with E-state index >= 15 is 0 Å². The first-order chi connectivity index (χ1) is 6.25. The summed E-state index contributed by atoms with van der Waals surface area (Å²) >= 11 is 1.78. The highest BCUT2D eigenvalue weighted by molar-refractivity contribution is 7.99. The SMILES string of the molecule is CC(C)c1[nH]cnc1SCCCN. The Labute approximate surface area is 83.5 Å². The molecule has 0 saturated heterocycles. The number of imidazole rings is 1. The summed E-state index contributed by atoms with van der Waals surface area (Å²) in [5, 5.41) is 1.13. The van der Waals surface area contributed by atoms with Crippen molar-refractivity contribution in [3.63, 3.8) is 0 Å². The predicted octanol–water partition coefficient (Wildman–Crippen LogP) is 1.97. The van der Waals surface area contributed by atoms with E-state index in [1.54, 1.807) is 18.1 Å². The first-order valence-corrected chi connectivity index (χ1v) is 5.60. The summed E-state index contributed by atoms with van der Waals surface area (Å²) in [5.41, 5.74) is 6.66. The Morgan fingerprint density at radius 2 is 2.38 bits per heavy atom. The minimum Gasteiger partial charge on any atom is -0.347 e. The summed E-state index contributed by atoms with van der Waals surface area (Å²) in [6.45, 7) is 5.09. The molecule has 1 rings (SSSR count). The molecule has 1 aromatic rings. The van der Waals surface area contributed by atoms with E-state index in [0.29, 0.717) is 5.92 Å². The molecule has 0 aliphatic heterocycles. The van der Waals surface area contributed by atoms with Gasteiger partial charge in [0.25, 0.3) is 0 Å². The average Bonchev–Trinajstić information content (AvgIpc) is 2.53. The summed E-state index contributed by atoms with van der Waals surface area (Å²) in [6.07, 6.45) is 2.81. The van der Waals surface area contributed by atoms with Crippen LogP contribution in [0.15, 0.2) is 11.4 Å². The largest absolute Gasteiger partial charge is 0.347 e. The van der Waals surface area contributed by atoms with E-state index in [1.165, 1.54) is 5.69 Å². The molecule has 0 unspecified atom stereocenters. The van der Waals surface area contributed by atoms with Gasteiger partial charge in [0.05, 0.1) is 12.0 Å². The quantitative estimate of drug-likeness (QED) is 0.563. The lowest BCUT2D eigenvalue weighted by molar-refractivity contribution is 0.805. The Kier molecular flexibility index (Phi) is 4.32. The topological polar surface area (TPSA) is 54.7 Å². The Hall–Kier alpha value is -0.480. The van der Waals surface area contributed by atoms with Crippen molar-refractivity contribution in [1.29, 1.82) is 0 Å². The fourth-order valence-electron chi connectivity index (χ4n) is 1.07. The van der Waals surface area contributed by atoms with Crippen molar-refractivity contribution in [2.24, 2.45) is 5.73 Å².